The molecule has 0 fully saturated rings. The van der Waals surface area contributed by atoms with Crippen molar-refractivity contribution in [1.29, 1.82) is 0 Å². The van der Waals surface area contributed by atoms with Crippen molar-refractivity contribution in [3.8, 4) is 0 Å². The lowest BCUT2D eigenvalue weighted by Gasteiger charge is -2.23. The molecule has 0 aliphatic rings. The van der Waals surface area contributed by atoms with E-state index in [1.54, 1.807) is 49.3 Å². The fraction of sp³-hybridized carbons (Fsp3) is 0.214. The molecule has 0 unspecified atom stereocenters. The van der Waals surface area contributed by atoms with Crippen LogP contribution in [0, 0.1) is 0 Å². The van der Waals surface area contributed by atoms with Gasteiger partial charge in [-0.2, -0.15) is 0 Å². The smallest absolute Gasteiger partial charge is 0.405 e. The highest BCUT2D eigenvalue weighted by Gasteiger charge is 2.27. The van der Waals surface area contributed by atoms with E-state index >= 15 is 0 Å². The molecule has 0 bridgehead atoms. The van der Waals surface area contributed by atoms with Gasteiger partial charge in [-0.05, 0) is 26.0 Å². The van der Waals surface area contributed by atoms with Crippen LogP contribution in [0.5, 0.6) is 0 Å². The molecular weight excluding hydrogens is 320 g/mol. The Morgan fingerprint density at radius 1 is 1.45 bits per heavy atom. The number of carboxylic acid groups (broad SMARTS) is 1. The number of rotatable bonds is 4. The molecule has 0 aromatic carbocycles. The van der Waals surface area contributed by atoms with Gasteiger partial charge in [-0.15, -0.1) is 11.3 Å². The van der Waals surface area contributed by atoms with Crippen molar-refractivity contribution in [3.05, 3.63) is 41.9 Å². The zero-order chi connectivity index (χ0) is 15.7. The van der Waals surface area contributed by atoms with Gasteiger partial charge in [0.15, 0.2) is 4.34 Å². The van der Waals surface area contributed by atoms with Crippen LogP contribution in [0.2, 0.25) is 0 Å². The lowest BCUT2D eigenvalue weighted by Crippen LogP contribution is -2.41. The molecule has 22 heavy (non-hydrogen) atoms. The number of pyridine rings is 1. The third kappa shape index (κ3) is 2.79. The van der Waals surface area contributed by atoms with Gasteiger partial charge in [0.05, 0.1) is 17.3 Å². The number of aromatic nitrogens is 3. The quantitative estimate of drug-likeness (QED) is 0.764. The summed E-state index contributed by atoms with van der Waals surface area (Å²) >= 11 is 3.15. The molecule has 0 saturated heterocycles. The van der Waals surface area contributed by atoms with Crippen LogP contribution in [0.25, 0.3) is 5.52 Å². The van der Waals surface area contributed by atoms with Gasteiger partial charge in [0.25, 0.3) is 0 Å². The number of hydrogen-bond acceptors (Lipinski definition) is 5. The van der Waals surface area contributed by atoms with Gasteiger partial charge >= 0.3 is 6.09 Å². The maximum absolute atomic E-state index is 11.0. The number of carbonyl (C=O) groups is 1. The van der Waals surface area contributed by atoms with Gasteiger partial charge < -0.3 is 14.8 Å². The third-order valence-corrected chi connectivity index (χ3v) is 5.07. The Morgan fingerprint density at radius 2 is 2.27 bits per heavy atom. The number of thiazole rings is 1. The molecule has 6 nitrogen and oxygen atoms in total. The normalized spacial score (nSPS) is 11.7. The van der Waals surface area contributed by atoms with Gasteiger partial charge in [0.1, 0.15) is 5.82 Å². The minimum Gasteiger partial charge on any atom is -0.465 e. The Balaban J connectivity index is 2.03. The van der Waals surface area contributed by atoms with Gasteiger partial charge in [-0.1, -0.05) is 11.8 Å². The van der Waals surface area contributed by atoms with Crippen LogP contribution in [0.1, 0.15) is 19.7 Å². The molecule has 0 spiro atoms. The van der Waals surface area contributed by atoms with E-state index in [0.717, 1.165) is 14.8 Å². The van der Waals surface area contributed by atoms with E-state index in [2.05, 4.69) is 15.3 Å². The maximum Gasteiger partial charge on any atom is 0.405 e. The highest BCUT2D eigenvalue weighted by molar-refractivity contribution is 8.01. The second-order valence-electron chi connectivity index (χ2n) is 5.16. The van der Waals surface area contributed by atoms with Crippen LogP contribution in [0.15, 0.2) is 45.3 Å². The molecule has 114 valence electrons. The Hall–Kier alpha value is -2.06. The summed E-state index contributed by atoms with van der Waals surface area (Å²) in [5.41, 5.74) is 0.140. The highest BCUT2D eigenvalue weighted by Crippen LogP contribution is 2.33. The molecule has 1 amide bonds. The van der Waals surface area contributed by atoms with E-state index < -0.39 is 11.6 Å². The number of amides is 1. The van der Waals surface area contributed by atoms with E-state index in [1.165, 1.54) is 0 Å². The Bertz CT molecular complexity index is 811. The number of imidazole rings is 1. The molecule has 3 rings (SSSR count). The summed E-state index contributed by atoms with van der Waals surface area (Å²) in [6, 6.07) is 3.93. The molecule has 8 heteroatoms. The first-order chi connectivity index (χ1) is 10.5. The van der Waals surface area contributed by atoms with Crippen LogP contribution >= 0.6 is 23.1 Å². The second kappa shape index (κ2) is 5.62. The van der Waals surface area contributed by atoms with Crippen molar-refractivity contribution in [1.82, 2.24) is 19.7 Å². The van der Waals surface area contributed by atoms with Crippen molar-refractivity contribution < 1.29 is 9.90 Å². The zero-order valence-corrected chi connectivity index (χ0v) is 13.6. The summed E-state index contributed by atoms with van der Waals surface area (Å²) in [5, 5.41) is 13.4. The lowest BCUT2D eigenvalue weighted by atomic mass is 10.1. The molecule has 2 N–H and O–H groups in total. The fourth-order valence-corrected chi connectivity index (χ4v) is 3.91. The molecule has 0 aliphatic carbocycles. The van der Waals surface area contributed by atoms with Crippen molar-refractivity contribution >= 4 is 34.7 Å². The SMILES string of the molecule is CC(C)(NC(=O)O)c1ncc2c(Sc3nccs3)cccn12. The van der Waals surface area contributed by atoms with E-state index in [-0.39, 0.29) is 0 Å². The topological polar surface area (TPSA) is 79.5 Å². The van der Waals surface area contributed by atoms with Crippen molar-refractivity contribution in [3.63, 3.8) is 0 Å². The number of nitrogens with one attached hydrogen (secondary N) is 1. The van der Waals surface area contributed by atoms with Crippen molar-refractivity contribution in [2.75, 3.05) is 0 Å². The maximum atomic E-state index is 11.0. The van der Waals surface area contributed by atoms with Gasteiger partial charge in [-0.25, -0.2) is 14.8 Å². The standard InChI is InChI=1S/C14H14N4O2S2/c1-14(2,17-12(19)20)11-16-8-9-10(4-3-6-18(9)11)22-13-15-5-7-21-13/h3-8,17H,1-2H3,(H,19,20). The Labute approximate surface area is 135 Å². The lowest BCUT2D eigenvalue weighted by molar-refractivity contribution is 0.181. The van der Waals surface area contributed by atoms with Gasteiger partial charge in [-0.3, -0.25) is 0 Å². The zero-order valence-electron chi connectivity index (χ0n) is 12.0. The van der Waals surface area contributed by atoms with Crippen LogP contribution in [-0.2, 0) is 5.54 Å². The van der Waals surface area contributed by atoms with E-state index in [4.69, 9.17) is 5.11 Å². The van der Waals surface area contributed by atoms with Gasteiger partial charge in [0.2, 0.25) is 0 Å². The fourth-order valence-electron chi connectivity index (χ4n) is 2.22. The van der Waals surface area contributed by atoms with E-state index in [9.17, 15) is 4.79 Å². The van der Waals surface area contributed by atoms with Crippen molar-refractivity contribution in [2.45, 2.75) is 28.6 Å². The molecular formula is C14H14N4O2S2. The minimum atomic E-state index is -1.07. The van der Waals surface area contributed by atoms with E-state index in [0.29, 0.717) is 5.82 Å². The number of nitrogens with zero attached hydrogens (tertiary/aromatic N) is 3. The third-order valence-electron chi connectivity index (χ3n) is 3.12. The van der Waals surface area contributed by atoms with Crippen LogP contribution in [0.3, 0.4) is 0 Å². The summed E-state index contributed by atoms with van der Waals surface area (Å²) in [6.07, 6.45) is 4.34. The Morgan fingerprint density at radius 3 is 2.95 bits per heavy atom. The first-order valence-electron chi connectivity index (χ1n) is 6.52. The van der Waals surface area contributed by atoms with Crippen LogP contribution in [-0.4, -0.2) is 25.6 Å². The highest BCUT2D eigenvalue weighted by atomic mass is 32.2. The first kappa shape index (κ1) is 14.9. The molecule has 0 saturated carbocycles. The van der Waals surface area contributed by atoms with E-state index in [1.807, 2.05) is 28.1 Å². The van der Waals surface area contributed by atoms with Gasteiger partial charge in [0, 0.05) is 22.7 Å². The molecule has 0 aliphatic heterocycles. The largest absolute Gasteiger partial charge is 0.465 e. The monoisotopic (exact) mass is 334 g/mol. The molecule has 0 atom stereocenters. The summed E-state index contributed by atoms with van der Waals surface area (Å²) in [5.74, 6) is 0.645. The average Bonchev–Trinajstić information content (AvgIpc) is 3.06. The first-order valence-corrected chi connectivity index (χ1v) is 8.22. The summed E-state index contributed by atoms with van der Waals surface area (Å²) in [4.78, 5) is 20.7. The Kier molecular flexibility index (Phi) is 3.79. The van der Waals surface area contributed by atoms with Crippen LogP contribution < -0.4 is 5.32 Å². The predicted molar refractivity (Wildman–Crippen MR) is 85.6 cm³/mol. The number of fused-ring (bicyclic) bond motifs is 1. The molecule has 0 radical (unpaired) electrons. The molecule has 3 aromatic heterocycles. The average molecular weight is 334 g/mol. The van der Waals surface area contributed by atoms with Crippen LogP contribution in [0.4, 0.5) is 4.79 Å². The summed E-state index contributed by atoms with van der Waals surface area (Å²) < 4.78 is 2.87. The minimum absolute atomic E-state index is 0.645. The van der Waals surface area contributed by atoms with Crippen molar-refractivity contribution in [2.24, 2.45) is 0 Å². The predicted octanol–water partition coefficient (Wildman–Crippen LogP) is 3.44. The second-order valence-corrected chi connectivity index (χ2v) is 7.35. The number of hydrogen-bond donors (Lipinski definition) is 2. The summed E-state index contributed by atoms with van der Waals surface area (Å²) in [6.45, 7) is 3.58. The molecule has 3 heterocycles. The molecule has 3 aromatic rings. The summed E-state index contributed by atoms with van der Waals surface area (Å²) in [7, 11) is 0.